The predicted octanol–water partition coefficient (Wildman–Crippen LogP) is 3.07. The first kappa shape index (κ1) is 27.9. The zero-order chi connectivity index (χ0) is 26.4. The second-order valence-electron chi connectivity index (χ2n) is 8.65. The number of thiocarbonyl (C=S) groups is 1. The number of pyridine rings is 1. The number of rotatable bonds is 9. The number of nitrogens with zero attached hydrogens (tertiary/aromatic N) is 4. The summed E-state index contributed by atoms with van der Waals surface area (Å²) in [6.45, 7) is 8.08. The summed E-state index contributed by atoms with van der Waals surface area (Å²) in [4.78, 5) is 42.7. The first-order valence-electron chi connectivity index (χ1n) is 12.1. The zero-order valence-electron chi connectivity index (χ0n) is 21.2. The fourth-order valence-electron chi connectivity index (χ4n) is 4.51. The fraction of sp³-hybridized carbons (Fsp3) is 0.560. The number of hydrogen-bond acceptors (Lipinski definition) is 9. The van der Waals surface area contributed by atoms with Gasteiger partial charge in [-0.05, 0) is 44.7 Å². The molecule has 0 N–H and O–H groups in total. The number of anilines is 1. The molecule has 0 bridgehead atoms. The highest BCUT2D eigenvalue weighted by atomic mass is 32.2. The summed E-state index contributed by atoms with van der Waals surface area (Å²) in [5.74, 6) is 0.0644. The van der Waals surface area contributed by atoms with Crippen LogP contribution in [0.1, 0.15) is 49.8 Å². The van der Waals surface area contributed by atoms with E-state index in [1.807, 2.05) is 6.92 Å². The third kappa shape index (κ3) is 5.66. The average Bonchev–Trinajstić information content (AvgIpc) is 3.13. The van der Waals surface area contributed by atoms with Gasteiger partial charge in [-0.25, -0.2) is 0 Å². The smallest absolute Gasteiger partial charge is 0.309 e. The van der Waals surface area contributed by atoms with Gasteiger partial charge in [-0.2, -0.15) is 5.26 Å². The van der Waals surface area contributed by atoms with Crippen molar-refractivity contribution in [2.45, 2.75) is 46.6 Å². The van der Waals surface area contributed by atoms with E-state index in [1.54, 1.807) is 31.6 Å². The number of carbonyl (C=O) groups is 2. The van der Waals surface area contributed by atoms with Gasteiger partial charge in [0.25, 0.3) is 11.5 Å². The number of amides is 1. The van der Waals surface area contributed by atoms with Crippen molar-refractivity contribution in [3.8, 4) is 6.07 Å². The number of ether oxygens (including phenoxy) is 2. The molecule has 0 radical (unpaired) electrons. The molecule has 11 heteroatoms. The Balaban J connectivity index is 2.10. The molecular weight excluding hydrogens is 500 g/mol. The Morgan fingerprint density at radius 1 is 1.25 bits per heavy atom. The van der Waals surface area contributed by atoms with Crippen LogP contribution in [0.3, 0.4) is 0 Å². The van der Waals surface area contributed by atoms with Gasteiger partial charge in [0.1, 0.15) is 21.8 Å². The number of carbonyl (C=O) groups excluding carboxylic acids is 2. The number of esters is 1. The van der Waals surface area contributed by atoms with E-state index in [1.165, 1.54) is 16.7 Å². The lowest BCUT2D eigenvalue weighted by atomic mass is 9.95. The molecule has 3 heterocycles. The number of hydrogen-bond donors (Lipinski definition) is 0. The van der Waals surface area contributed by atoms with Crippen molar-refractivity contribution in [2.75, 3.05) is 44.9 Å². The molecular formula is C25H32N4O5S2. The molecule has 0 aromatic carbocycles. The quantitative estimate of drug-likeness (QED) is 0.270. The van der Waals surface area contributed by atoms with Gasteiger partial charge in [-0.3, -0.25) is 23.9 Å². The van der Waals surface area contributed by atoms with Crippen molar-refractivity contribution in [3.05, 3.63) is 31.9 Å². The van der Waals surface area contributed by atoms with E-state index in [9.17, 15) is 19.6 Å². The Morgan fingerprint density at radius 2 is 1.94 bits per heavy atom. The summed E-state index contributed by atoms with van der Waals surface area (Å²) in [7, 11) is 1.56. The molecule has 1 aromatic rings. The number of aromatic nitrogens is 1. The van der Waals surface area contributed by atoms with Gasteiger partial charge in [-0.1, -0.05) is 30.9 Å². The zero-order valence-corrected chi connectivity index (χ0v) is 22.8. The van der Waals surface area contributed by atoms with E-state index < -0.39 is 0 Å². The highest BCUT2D eigenvalue weighted by Gasteiger charge is 2.34. The van der Waals surface area contributed by atoms with E-state index in [0.29, 0.717) is 84.8 Å². The lowest BCUT2D eigenvalue weighted by Gasteiger charge is -2.35. The van der Waals surface area contributed by atoms with Crippen molar-refractivity contribution in [3.63, 3.8) is 0 Å². The molecule has 2 fully saturated rings. The first-order chi connectivity index (χ1) is 17.3. The monoisotopic (exact) mass is 532 g/mol. The third-order valence-corrected chi connectivity index (χ3v) is 7.75. The largest absolute Gasteiger partial charge is 0.466 e. The maximum atomic E-state index is 13.3. The Morgan fingerprint density at radius 3 is 2.53 bits per heavy atom. The molecule has 1 amide bonds. The Bertz CT molecular complexity index is 1160. The first-order valence-corrected chi connectivity index (χ1v) is 13.3. The highest BCUT2D eigenvalue weighted by Crippen LogP contribution is 2.36. The minimum absolute atomic E-state index is 0.0646. The molecule has 2 aliphatic rings. The van der Waals surface area contributed by atoms with E-state index >= 15 is 0 Å². The van der Waals surface area contributed by atoms with Gasteiger partial charge in [0.15, 0.2) is 0 Å². The summed E-state index contributed by atoms with van der Waals surface area (Å²) in [5.41, 5.74) is 0.903. The Kier molecular flexibility index (Phi) is 9.70. The van der Waals surface area contributed by atoms with Crippen LogP contribution in [0.2, 0.25) is 0 Å². The minimum atomic E-state index is -0.343. The van der Waals surface area contributed by atoms with Gasteiger partial charge in [0.05, 0.1) is 30.6 Å². The maximum absolute atomic E-state index is 13.3. The molecule has 194 valence electrons. The van der Waals surface area contributed by atoms with Crippen LogP contribution in [0, 0.1) is 24.2 Å². The average molecular weight is 533 g/mol. The predicted molar refractivity (Wildman–Crippen MR) is 144 cm³/mol. The lowest BCUT2D eigenvalue weighted by molar-refractivity contribution is -0.148. The van der Waals surface area contributed by atoms with Crippen molar-refractivity contribution in [2.24, 2.45) is 5.92 Å². The van der Waals surface area contributed by atoms with Crippen molar-refractivity contribution in [1.82, 2.24) is 9.47 Å². The van der Waals surface area contributed by atoms with Crippen LogP contribution in [0.25, 0.3) is 6.08 Å². The van der Waals surface area contributed by atoms with Crippen LogP contribution in [0.4, 0.5) is 5.82 Å². The molecule has 2 aliphatic heterocycles. The summed E-state index contributed by atoms with van der Waals surface area (Å²) >= 11 is 6.62. The molecule has 3 rings (SSSR count). The van der Waals surface area contributed by atoms with Gasteiger partial charge >= 0.3 is 5.97 Å². The molecule has 2 saturated heterocycles. The second kappa shape index (κ2) is 12.5. The molecule has 0 unspecified atom stereocenters. The molecule has 0 aliphatic carbocycles. The second-order valence-corrected chi connectivity index (χ2v) is 10.3. The van der Waals surface area contributed by atoms with E-state index in [0.717, 1.165) is 0 Å². The summed E-state index contributed by atoms with van der Waals surface area (Å²) in [6, 6.07) is 2.06. The molecule has 0 saturated carbocycles. The SMILES string of the molecule is CCCn1c(N2CCC(C(=O)OCC)CC2)c(/C=C2/SC(=S)N(CCOC)C2=O)c(C)c(C#N)c1=O. The number of piperidine rings is 1. The van der Waals surface area contributed by atoms with Gasteiger partial charge in [-0.15, -0.1) is 0 Å². The molecule has 36 heavy (non-hydrogen) atoms. The van der Waals surface area contributed by atoms with Crippen molar-refractivity contribution < 1.29 is 19.1 Å². The van der Waals surface area contributed by atoms with Crippen LogP contribution in [-0.4, -0.2) is 65.6 Å². The lowest BCUT2D eigenvalue weighted by Crippen LogP contribution is -2.41. The normalized spacial score (nSPS) is 17.7. The van der Waals surface area contributed by atoms with Crippen LogP contribution in [-0.2, 0) is 25.6 Å². The molecule has 9 nitrogen and oxygen atoms in total. The van der Waals surface area contributed by atoms with E-state index in [-0.39, 0.29) is 28.9 Å². The molecule has 1 aromatic heterocycles. The topological polar surface area (TPSA) is 105 Å². The Labute approximate surface area is 221 Å². The summed E-state index contributed by atoms with van der Waals surface area (Å²) in [5, 5.41) is 9.79. The van der Waals surface area contributed by atoms with Gasteiger partial charge in [0.2, 0.25) is 0 Å². The van der Waals surface area contributed by atoms with E-state index in [4.69, 9.17) is 21.7 Å². The number of thioether (sulfide) groups is 1. The molecule has 0 spiro atoms. The van der Waals surface area contributed by atoms with E-state index in [2.05, 4.69) is 11.0 Å². The van der Waals surface area contributed by atoms with Crippen LogP contribution in [0.5, 0.6) is 0 Å². The van der Waals surface area contributed by atoms with Crippen molar-refractivity contribution in [1.29, 1.82) is 5.26 Å². The Hall–Kier alpha value is -2.68. The van der Waals surface area contributed by atoms with Gasteiger partial charge in [0, 0.05) is 32.3 Å². The van der Waals surface area contributed by atoms with Crippen LogP contribution in [0.15, 0.2) is 9.70 Å². The van der Waals surface area contributed by atoms with Crippen LogP contribution < -0.4 is 10.5 Å². The highest BCUT2D eigenvalue weighted by molar-refractivity contribution is 8.26. The number of methoxy groups -OCH3 is 1. The molecule has 0 atom stereocenters. The minimum Gasteiger partial charge on any atom is -0.466 e. The van der Waals surface area contributed by atoms with Crippen LogP contribution >= 0.6 is 24.0 Å². The standard InChI is InChI=1S/C25H32N4O5S2/c1-5-9-28-21(27-10-7-17(8-11-27)24(32)34-6-2)18(16(3)19(15-26)22(28)30)14-20-23(31)29(12-13-33-4)25(35)36-20/h14,17H,5-13H2,1-4H3/b20-14+. The maximum Gasteiger partial charge on any atom is 0.309 e. The summed E-state index contributed by atoms with van der Waals surface area (Å²) < 4.78 is 12.4. The summed E-state index contributed by atoms with van der Waals surface area (Å²) in [6.07, 6.45) is 3.63. The third-order valence-electron chi connectivity index (χ3n) is 6.38. The fourth-order valence-corrected chi connectivity index (χ4v) is 5.80. The van der Waals surface area contributed by atoms with Gasteiger partial charge < -0.3 is 14.4 Å². The van der Waals surface area contributed by atoms with Crippen molar-refractivity contribution >= 4 is 52.1 Å². The number of nitriles is 1.